The van der Waals surface area contributed by atoms with Crippen LogP contribution in [0.4, 0.5) is 5.69 Å². The third kappa shape index (κ3) is 6.17. The molecular weight excluding hydrogens is 407 g/mol. The maximum Gasteiger partial charge on any atom is 0.263 e. The molecule has 0 atom stereocenters. The summed E-state index contributed by atoms with van der Waals surface area (Å²) in [6.45, 7) is 4.50. The van der Waals surface area contributed by atoms with Gasteiger partial charge in [-0.2, -0.15) is 5.26 Å². The highest BCUT2D eigenvalue weighted by atomic mass is 127. The number of anilines is 1. The quantitative estimate of drug-likeness (QED) is 0.410. The van der Waals surface area contributed by atoms with Crippen LogP contribution in [-0.2, 0) is 9.53 Å². The van der Waals surface area contributed by atoms with Crippen molar-refractivity contribution in [3.63, 3.8) is 0 Å². The second kappa shape index (κ2) is 9.50. The van der Waals surface area contributed by atoms with Crippen LogP contribution in [0, 0.1) is 14.9 Å². The van der Waals surface area contributed by atoms with Crippen molar-refractivity contribution in [1.82, 2.24) is 10.2 Å². The highest BCUT2D eigenvalue weighted by Crippen LogP contribution is 2.11. The Kier molecular flexibility index (Phi) is 7.32. The second-order valence-electron chi connectivity index (χ2n) is 5.03. The molecule has 0 spiro atoms. The van der Waals surface area contributed by atoms with E-state index in [1.165, 1.54) is 6.20 Å². The number of nitrogens with zero attached hydrogens (tertiary/aromatic N) is 2. The molecule has 1 fully saturated rings. The summed E-state index contributed by atoms with van der Waals surface area (Å²) in [5.41, 5.74) is 0.893. The average Bonchev–Trinajstić information content (AvgIpc) is 2.58. The van der Waals surface area contributed by atoms with Gasteiger partial charge >= 0.3 is 0 Å². The zero-order valence-electron chi connectivity index (χ0n) is 12.7. The van der Waals surface area contributed by atoms with E-state index in [4.69, 9.17) is 10.00 Å². The summed E-state index contributed by atoms with van der Waals surface area (Å²) in [6.07, 6.45) is 1.44. The molecule has 0 bridgehead atoms. The van der Waals surface area contributed by atoms with Crippen LogP contribution in [0.3, 0.4) is 0 Å². The van der Waals surface area contributed by atoms with Crippen molar-refractivity contribution < 1.29 is 9.53 Å². The van der Waals surface area contributed by atoms with Gasteiger partial charge in [-0.1, -0.05) is 0 Å². The van der Waals surface area contributed by atoms with E-state index >= 15 is 0 Å². The molecule has 122 valence electrons. The van der Waals surface area contributed by atoms with Gasteiger partial charge in [-0.3, -0.25) is 9.69 Å². The summed E-state index contributed by atoms with van der Waals surface area (Å²) in [5.74, 6) is -0.362. The lowest BCUT2D eigenvalue weighted by atomic mass is 10.2. The molecule has 6 nitrogen and oxygen atoms in total. The fourth-order valence-corrected chi connectivity index (χ4v) is 2.46. The highest BCUT2D eigenvalue weighted by molar-refractivity contribution is 14.1. The van der Waals surface area contributed by atoms with Gasteiger partial charge in [0.15, 0.2) is 0 Å². The molecule has 1 heterocycles. The van der Waals surface area contributed by atoms with Gasteiger partial charge in [-0.25, -0.2) is 0 Å². The number of ether oxygens (including phenoxy) is 1. The number of halogens is 1. The fraction of sp³-hybridized carbons (Fsp3) is 0.375. The van der Waals surface area contributed by atoms with E-state index in [1.807, 2.05) is 30.3 Å². The lowest BCUT2D eigenvalue weighted by molar-refractivity contribution is -0.117. The number of benzene rings is 1. The van der Waals surface area contributed by atoms with Crippen molar-refractivity contribution in [2.24, 2.45) is 0 Å². The van der Waals surface area contributed by atoms with Crippen molar-refractivity contribution in [2.75, 3.05) is 44.7 Å². The van der Waals surface area contributed by atoms with E-state index in [-0.39, 0.29) is 11.5 Å². The second-order valence-corrected chi connectivity index (χ2v) is 6.28. The lowest BCUT2D eigenvalue weighted by Crippen LogP contribution is -2.41. The Labute approximate surface area is 149 Å². The number of nitriles is 1. The van der Waals surface area contributed by atoms with Gasteiger partial charge in [-0.15, -0.1) is 0 Å². The number of hydrogen-bond donors (Lipinski definition) is 2. The van der Waals surface area contributed by atoms with Crippen LogP contribution >= 0.6 is 22.6 Å². The summed E-state index contributed by atoms with van der Waals surface area (Å²) in [5, 5.41) is 14.9. The molecule has 1 aromatic rings. The largest absolute Gasteiger partial charge is 0.379 e. The third-order valence-electron chi connectivity index (χ3n) is 3.41. The van der Waals surface area contributed by atoms with Crippen LogP contribution in [0.2, 0.25) is 0 Å². The van der Waals surface area contributed by atoms with Crippen molar-refractivity contribution in [1.29, 1.82) is 5.26 Å². The number of carbonyl (C=O) groups excluding carboxylic acids is 1. The van der Waals surface area contributed by atoms with Gasteiger partial charge in [0.2, 0.25) is 0 Å². The Hall–Kier alpha value is -1.63. The maximum absolute atomic E-state index is 12.0. The molecule has 1 aliphatic rings. The molecule has 2 rings (SSSR count). The Morgan fingerprint density at radius 1 is 1.35 bits per heavy atom. The summed E-state index contributed by atoms with van der Waals surface area (Å²) in [7, 11) is 0. The molecule has 1 aliphatic heterocycles. The minimum atomic E-state index is -0.362. The van der Waals surface area contributed by atoms with Crippen molar-refractivity contribution in [3.8, 4) is 6.07 Å². The monoisotopic (exact) mass is 426 g/mol. The lowest BCUT2D eigenvalue weighted by Gasteiger charge is -2.26. The van der Waals surface area contributed by atoms with E-state index in [9.17, 15) is 4.79 Å². The molecule has 23 heavy (non-hydrogen) atoms. The predicted octanol–water partition coefficient (Wildman–Crippen LogP) is 1.56. The summed E-state index contributed by atoms with van der Waals surface area (Å²) < 4.78 is 6.40. The molecule has 0 saturated carbocycles. The van der Waals surface area contributed by atoms with Crippen LogP contribution < -0.4 is 10.6 Å². The first-order valence-electron chi connectivity index (χ1n) is 7.40. The van der Waals surface area contributed by atoms with Crippen LogP contribution in [0.25, 0.3) is 0 Å². The van der Waals surface area contributed by atoms with Gasteiger partial charge in [0.05, 0.1) is 13.2 Å². The average molecular weight is 426 g/mol. The van der Waals surface area contributed by atoms with Crippen LogP contribution in [0.5, 0.6) is 0 Å². The van der Waals surface area contributed by atoms with Gasteiger partial charge in [-0.05, 0) is 46.9 Å². The van der Waals surface area contributed by atoms with E-state index in [0.29, 0.717) is 6.54 Å². The first-order valence-corrected chi connectivity index (χ1v) is 8.47. The number of nitrogens with one attached hydrogen (secondary N) is 2. The van der Waals surface area contributed by atoms with Crippen LogP contribution in [-0.4, -0.2) is 50.2 Å². The molecule has 7 heteroatoms. The van der Waals surface area contributed by atoms with E-state index < -0.39 is 0 Å². The standard InChI is InChI=1S/C16H19IN4O2/c17-14-1-3-15(4-2-14)20-12-13(11-18)16(22)19-5-6-21-7-9-23-10-8-21/h1-4,12,20H,5-10H2,(H,19,22)/b13-12-. The van der Waals surface area contributed by atoms with Gasteiger partial charge in [0, 0.05) is 41.6 Å². The minimum Gasteiger partial charge on any atom is -0.379 e. The Bertz CT molecular complexity index is 589. The zero-order valence-corrected chi connectivity index (χ0v) is 14.9. The van der Waals surface area contributed by atoms with Gasteiger partial charge in [0.25, 0.3) is 5.91 Å². The SMILES string of the molecule is N#C/C(=C/Nc1ccc(I)cc1)C(=O)NCCN1CCOCC1. The summed E-state index contributed by atoms with van der Waals surface area (Å²) in [6, 6.07) is 9.61. The Balaban J connectivity index is 1.79. The highest BCUT2D eigenvalue weighted by Gasteiger charge is 2.12. The van der Waals surface area contributed by atoms with Crippen LogP contribution in [0.15, 0.2) is 36.0 Å². The smallest absolute Gasteiger partial charge is 0.263 e. The van der Waals surface area contributed by atoms with Crippen molar-refractivity contribution in [2.45, 2.75) is 0 Å². The number of rotatable bonds is 6. The molecule has 1 saturated heterocycles. The van der Waals surface area contributed by atoms with Crippen molar-refractivity contribution >= 4 is 34.2 Å². The molecular formula is C16H19IN4O2. The first kappa shape index (κ1) is 17.7. The minimum absolute atomic E-state index is 0.0607. The fourth-order valence-electron chi connectivity index (χ4n) is 2.10. The molecule has 0 unspecified atom stereocenters. The molecule has 0 aromatic heterocycles. The van der Waals surface area contributed by atoms with Gasteiger partial charge < -0.3 is 15.4 Å². The normalized spacial score (nSPS) is 15.7. The molecule has 0 radical (unpaired) electrons. The molecule has 0 aliphatic carbocycles. The predicted molar refractivity (Wildman–Crippen MR) is 96.7 cm³/mol. The Morgan fingerprint density at radius 2 is 2.04 bits per heavy atom. The number of morpholine rings is 1. The molecule has 1 amide bonds. The van der Waals surface area contributed by atoms with Crippen LogP contribution in [0.1, 0.15) is 0 Å². The van der Waals surface area contributed by atoms with E-state index in [0.717, 1.165) is 42.1 Å². The third-order valence-corrected chi connectivity index (χ3v) is 4.13. The first-order chi connectivity index (χ1) is 11.2. The molecule has 1 aromatic carbocycles. The summed E-state index contributed by atoms with van der Waals surface area (Å²) >= 11 is 2.22. The maximum atomic E-state index is 12.0. The zero-order chi connectivity index (χ0) is 16.5. The van der Waals surface area contributed by atoms with Crippen molar-refractivity contribution in [3.05, 3.63) is 39.6 Å². The van der Waals surface area contributed by atoms with Gasteiger partial charge in [0.1, 0.15) is 11.6 Å². The number of carbonyl (C=O) groups is 1. The van der Waals surface area contributed by atoms with E-state index in [2.05, 4.69) is 38.1 Å². The number of amides is 1. The number of hydrogen-bond acceptors (Lipinski definition) is 5. The van der Waals surface area contributed by atoms with E-state index in [1.54, 1.807) is 0 Å². The molecule has 2 N–H and O–H groups in total. The Morgan fingerprint density at radius 3 is 2.70 bits per heavy atom. The summed E-state index contributed by atoms with van der Waals surface area (Å²) in [4.78, 5) is 14.2. The topological polar surface area (TPSA) is 77.4 Å².